The molecule has 0 aliphatic carbocycles. The number of aliphatic hydroxyl groups is 2. The van der Waals surface area contributed by atoms with Crippen LogP contribution in [0.1, 0.15) is 0 Å². The lowest BCUT2D eigenvalue weighted by Gasteiger charge is -2.20. The number of ether oxygens (including phenoxy) is 3. The van der Waals surface area contributed by atoms with E-state index in [1.807, 2.05) is 0 Å². The van der Waals surface area contributed by atoms with Crippen molar-refractivity contribution in [2.45, 2.75) is 12.2 Å². The summed E-state index contributed by atoms with van der Waals surface area (Å²) in [7, 11) is 2.79. The maximum atomic E-state index is 11.4. The second-order valence-corrected chi connectivity index (χ2v) is 2.72. The fourth-order valence-corrected chi connectivity index (χ4v) is 0.842. The highest BCUT2D eigenvalue weighted by atomic mass is 16.7. The summed E-state index contributed by atoms with van der Waals surface area (Å²) in [5.41, 5.74) is 0. The minimum atomic E-state index is -1.29. The number of methoxy groups -OCH3 is 2. The predicted octanol–water partition coefficient (Wildman–Crippen LogP) is -1.95. The molecule has 7 heteroatoms. The fraction of sp³-hybridized carbons (Fsp3) is 0.875. The van der Waals surface area contributed by atoms with E-state index in [9.17, 15) is 9.90 Å². The molecule has 3 N–H and O–H groups in total. The molecule has 0 heterocycles. The molecule has 0 aromatic rings. The zero-order valence-corrected chi connectivity index (χ0v) is 8.80. The van der Waals surface area contributed by atoms with E-state index in [0.29, 0.717) is 0 Å². The molecule has 0 aromatic carbocycles. The van der Waals surface area contributed by atoms with Crippen molar-refractivity contribution in [1.29, 1.82) is 0 Å². The summed E-state index contributed by atoms with van der Waals surface area (Å²) in [6.45, 7) is -0.721. The SMILES string of the molecule is COCNC(=O)[C@H](OCOC)[C@H](O)CO. The summed E-state index contributed by atoms with van der Waals surface area (Å²) in [5.74, 6) is -0.574. The van der Waals surface area contributed by atoms with E-state index in [-0.39, 0.29) is 13.5 Å². The Labute approximate surface area is 87.9 Å². The van der Waals surface area contributed by atoms with Crippen LogP contribution in [0, 0.1) is 0 Å². The molecule has 0 aliphatic heterocycles. The third-order valence-corrected chi connectivity index (χ3v) is 1.55. The van der Waals surface area contributed by atoms with E-state index in [0.717, 1.165) is 0 Å². The Hall–Kier alpha value is -0.730. The minimum Gasteiger partial charge on any atom is -0.394 e. The number of nitrogens with one attached hydrogen (secondary N) is 1. The van der Waals surface area contributed by atoms with Gasteiger partial charge in [-0.25, -0.2) is 0 Å². The van der Waals surface area contributed by atoms with E-state index in [2.05, 4.69) is 14.8 Å². The lowest BCUT2D eigenvalue weighted by molar-refractivity contribution is -0.158. The van der Waals surface area contributed by atoms with Crippen LogP contribution in [0.5, 0.6) is 0 Å². The molecular formula is C8H17NO6. The predicted molar refractivity (Wildman–Crippen MR) is 49.9 cm³/mol. The average Bonchev–Trinajstić information content (AvgIpc) is 2.26. The van der Waals surface area contributed by atoms with Crippen LogP contribution in [0.4, 0.5) is 0 Å². The Morgan fingerprint density at radius 2 is 2.07 bits per heavy atom. The van der Waals surface area contributed by atoms with Gasteiger partial charge in [-0.3, -0.25) is 4.79 Å². The van der Waals surface area contributed by atoms with Crippen molar-refractivity contribution in [3.63, 3.8) is 0 Å². The molecule has 0 saturated carbocycles. The largest absolute Gasteiger partial charge is 0.394 e. The van der Waals surface area contributed by atoms with Crippen molar-refractivity contribution >= 4 is 5.91 Å². The van der Waals surface area contributed by atoms with Crippen LogP contribution in [-0.2, 0) is 19.0 Å². The Kier molecular flexibility index (Phi) is 8.15. The summed E-state index contributed by atoms with van der Waals surface area (Å²) in [4.78, 5) is 11.4. The molecule has 2 atom stereocenters. The summed E-state index contributed by atoms with van der Waals surface area (Å²) >= 11 is 0. The molecule has 15 heavy (non-hydrogen) atoms. The zero-order chi connectivity index (χ0) is 11.7. The summed E-state index contributed by atoms with van der Waals surface area (Å²) in [6.07, 6.45) is -2.47. The van der Waals surface area contributed by atoms with Gasteiger partial charge in [0.2, 0.25) is 0 Å². The Balaban J connectivity index is 4.14. The van der Waals surface area contributed by atoms with Gasteiger partial charge in [0, 0.05) is 14.2 Å². The van der Waals surface area contributed by atoms with Crippen molar-refractivity contribution in [2.24, 2.45) is 0 Å². The number of rotatable bonds is 8. The van der Waals surface area contributed by atoms with Crippen LogP contribution in [0.2, 0.25) is 0 Å². The average molecular weight is 223 g/mol. The van der Waals surface area contributed by atoms with Crippen molar-refractivity contribution in [2.75, 3.05) is 34.4 Å². The van der Waals surface area contributed by atoms with Gasteiger partial charge >= 0.3 is 0 Å². The van der Waals surface area contributed by atoms with Crippen molar-refractivity contribution in [3.05, 3.63) is 0 Å². The molecule has 0 unspecified atom stereocenters. The summed E-state index contributed by atoms with van der Waals surface area (Å²) in [6, 6.07) is 0. The molecule has 0 aromatic heterocycles. The number of hydrogen-bond donors (Lipinski definition) is 3. The van der Waals surface area contributed by atoms with Gasteiger partial charge in [-0.1, -0.05) is 0 Å². The van der Waals surface area contributed by atoms with Crippen LogP contribution in [0.15, 0.2) is 0 Å². The topological polar surface area (TPSA) is 97.3 Å². The number of hydrogen-bond acceptors (Lipinski definition) is 6. The highest BCUT2D eigenvalue weighted by molar-refractivity contribution is 5.81. The smallest absolute Gasteiger partial charge is 0.253 e. The van der Waals surface area contributed by atoms with Crippen LogP contribution < -0.4 is 5.32 Å². The number of amides is 1. The van der Waals surface area contributed by atoms with Crippen LogP contribution in [-0.4, -0.2) is 62.7 Å². The zero-order valence-electron chi connectivity index (χ0n) is 8.80. The van der Waals surface area contributed by atoms with Gasteiger partial charge in [0.1, 0.15) is 19.6 Å². The van der Waals surface area contributed by atoms with E-state index in [4.69, 9.17) is 9.84 Å². The third-order valence-electron chi connectivity index (χ3n) is 1.55. The molecule has 0 radical (unpaired) electrons. The molecule has 90 valence electrons. The second-order valence-electron chi connectivity index (χ2n) is 2.72. The molecule has 0 saturated heterocycles. The van der Waals surface area contributed by atoms with Gasteiger partial charge in [-0.2, -0.15) is 0 Å². The lowest BCUT2D eigenvalue weighted by Crippen LogP contribution is -2.46. The number of aliphatic hydroxyl groups excluding tert-OH is 2. The van der Waals surface area contributed by atoms with E-state index < -0.39 is 24.7 Å². The Morgan fingerprint density at radius 1 is 1.40 bits per heavy atom. The van der Waals surface area contributed by atoms with Crippen molar-refractivity contribution in [1.82, 2.24) is 5.32 Å². The van der Waals surface area contributed by atoms with Crippen LogP contribution in [0.25, 0.3) is 0 Å². The number of carbonyl (C=O) groups excluding carboxylic acids is 1. The molecule has 0 bridgehead atoms. The van der Waals surface area contributed by atoms with Gasteiger partial charge in [-0.05, 0) is 0 Å². The number of carbonyl (C=O) groups is 1. The van der Waals surface area contributed by atoms with Crippen molar-refractivity contribution in [3.8, 4) is 0 Å². The molecule has 7 nitrogen and oxygen atoms in total. The van der Waals surface area contributed by atoms with Gasteiger partial charge in [0.05, 0.1) is 6.61 Å². The van der Waals surface area contributed by atoms with Gasteiger partial charge < -0.3 is 29.7 Å². The normalized spacial score (nSPS) is 14.7. The maximum absolute atomic E-state index is 11.4. The molecule has 0 rings (SSSR count). The van der Waals surface area contributed by atoms with Gasteiger partial charge in [0.15, 0.2) is 6.10 Å². The third kappa shape index (κ3) is 5.65. The standard InChI is InChI=1S/C8H17NO6/c1-13-4-9-8(12)7(6(11)3-10)15-5-14-2/h6-7,10-11H,3-5H2,1-2H3,(H,9,12)/t6-,7-/m1/s1. The summed E-state index contributed by atoms with van der Waals surface area (Å²) < 4.78 is 14.1. The molecule has 0 spiro atoms. The highest BCUT2D eigenvalue weighted by Crippen LogP contribution is 2.00. The van der Waals surface area contributed by atoms with Gasteiger partial charge in [-0.15, -0.1) is 0 Å². The first kappa shape index (κ1) is 14.3. The maximum Gasteiger partial charge on any atom is 0.253 e. The van der Waals surface area contributed by atoms with E-state index >= 15 is 0 Å². The highest BCUT2D eigenvalue weighted by Gasteiger charge is 2.26. The minimum absolute atomic E-state index is 0.00379. The van der Waals surface area contributed by atoms with Crippen LogP contribution >= 0.6 is 0 Å². The first-order valence-corrected chi connectivity index (χ1v) is 4.33. The van der Waals surface area contributed by atoms with E-state index in [1.54, 1.807) is 0 Å². The molecule has 0 aliphatic rings. The lowest BCUT2D eigenvalue weighted by atomic mass is 10.2. The monoisotopic (exact) mass is 223 g/mol. The van der Waals surface area contributed by atoms with Crippen LogP contribution in [0.3, 0.4) is 0 Å². The fourth-order valence-electron chi connectivity index (χ4n) is 0.842. The Morgan fingerprint density at radius 3 is 2.53 bits per heavy atom. The molecule has 1 amide bonds. The van der Waals surface area contributed by atoms with E-state index in [1.165, 1.54) is 14.2 Å². The molecule has 0 fully saturated rings. The quantitative estimate of drug-likeness (QED) is 0.414. The molecular weight excluding hydrogens is 206 g/mol. The second kappa shape index (κ2) is 8.57. The summed E-state index contributed by atoms with van der Waals surface area (Å²) in [5, 5.41) is 20.3. The van der Waals surface area contributed by atoms with Crippen molar-refractivity contribution < 1.29 is 29.2 Å². The first-order chi connectivity index (χ1) is 7.17. The van der Waals surface area contributed by atoms with Gasteiger partial charge in [0.25, 0.3) is 5.91 Å². The Bertz CT molecular complexity index is 177. The first-order valence-electron chi connectivity index (χ1n) is 4.33.